The third kappa shape index (κ3) is 5.63. The molecule has 0 aromatic heterocycles. The second-order valence-electron chi connectivity index (χ2n) is 12.5. The summed E-state index contributed by atoms with van der Waals surface area (Å²) in [6.07, 6.45) is 5.30. The highest BCUT2D eigenvalue weighted by molar-refractivity contribution is 7.98. The van der Waals surface area contributed by atoms with Crippen LogP contribution in [0.25, 0.3) is 0 Å². The van der Waals surface area contributed by atoms with Crippen LogP contribution in [0.2, 0.25) is 5.02 Å². The number of halogens is 1. The number of rotatable bonds is 1. The van der Waals surface area contributed by atoms with Crippen molar-refractivity contribution < 1.29 is 19.7 Å². The van der Waals surface area contributed by atoms with Crippen LogP contribution in [0, 0.1) is 11.8 Å². The van der Waals surface area contributed by atoms with E-state index in [1.165, 1.54) is 23.1 Å². The summed E-state index contributed by atoms with van der Waals surface area (Å²) in [7, 11) is 0. The molecule has 0 unspecified atom stereocenters. The van der Waals surface area contributed by atoms with Crippen LogP contribution < -0.4 is 14.4 Å². The number of fused-ring (bicyclic) bond motifs is 4. The highest BCUT2D eigenvalue weighted by atomic mass is 35.5. The van der Waals surface area contributed by atoms with Crippen molar-refractivity contribution >= 4 is 35.1 Å². The maximum atomic E-state index is 13.3. The molecule has 1 saturated carbocycles. The molecule has 8 heteroatoms. The smallest absolute Gasteiger partial charge is 0.261 e. The Bertz CT molecular complexity index is 1320. The predicted octanol–water partition coefficient (Wildman–Crippen LogP) is 6.07. The number of hydrogen-bond acceptors (Lipinski definition) is 6. The van der Waals surface area contributed by atoms with E-state index in [1.54, 1.807) is 0 Å². The third-order valence-electron chi connectivity index (χ3n) is 9.95. The molecular weight excluding hydrogens is 556 g/mol. The lowest BCUT2D eigenvalue weighted by Gasteiger charge is -2.46. The fourth-order valence-electron chi connectivity index (χ4n) is 7.34. The predicted molar refractivity (Wildman–Crippen MR) is 166 cm³/mol. The Morgan fingerprint density at radius 2 is 2.02 bits per heavy atom. The highest BCUT2D eigenvalue weighted by Crippen LogP contribution is 2.47. The van der Waals surface area contributed by atoms with Crippen molar-refractivity contribution in [1.82, 2.24) is 4.72 Å². The third-order valence-corrected chi connectivity index (χ3v) is 11.4. The van der Waals surface area contributed by atoms with Gasteiger partial charge in [0.2, 0.25) is 0 Å². The average molecular weight is 597 g/mol. The van der Waals surface area contributed by atoms with Gasteiger partial charge in [0, 0.05) is 34.3 Å². The molecule has 6 nitrogen and oxygen atoms in total. The second kappa shape index (κ2) is 11.8. The monoisotopic (exact) mass is 596 g/mol. The molecule has 2 aromatic carbocycles. The van der Waals surface area contributed by atoms with E-state index in [2.05, 4.69) is 35.3 Å². The normalized spacial score (nSPS) is 32.2. The summed E-state index contributed by atoms with van der Waals surface area (Å²) >= 11 is 7.81. The van der Waals surface area contributed by atoms with Crippen molar-refractivity contribution in [2.45, 2.75) is 81.2 Å². The van der Waals surface area contributed by atoms with Gasteiger partial charge in [-0.25, -0.2) is 0 Å². The number of aliphatic hydroxyl groups excluding tert-OH is 2. The topological polar surface area (TPSA) is 82.0 Å². The average Bonchev–Trinajstić information content (AvgIpc) is 3.11. The van der Waals surface area contributed by atoms with Crippen LogP contribution in [0.15, 0.2) is 48.6 Å². The fraction of sp³-hybridized carbons (Fsp3) is 0.545. The van der Waals surface area contributed by atoms with Crippen LogP contribution >= 0.6 is 23.5 Å². The molecule has 2 bridgehead atoms. The van der Waals surface area contributed by atoms with Gasteiger partial charge in [0.25, 0.3) is 5.91 Å². The molecule has 0 saturated heterocycles. The Morgan fingerprint density at radius 3 is 2.80 bits per heavy atom. The molecule has 2 heterocycles. The Kier molecular flexibility index (Phi) is 8.34. The molecule has 6 rings (SSSR count). The molecule has 220 valence electrons. The summed E-state index contributed by atoms with van der Waals surface area (Å²) < 4.78 is 9.63. The molecule has 3 N–H and O–H groups in total. The maximum Gasteiger partial charge on any atom is 0.261 e. The van der Waals surface area contributed by atoms with Gasteiger partial charge in [0.1, 0.15) is 11.9 Å². The SMILES string of the molecule is C=C1[C@@H](O)[C@@H](O)CC[C@@H](CC)SNC(=O)c2ccc3c(c2)N(C[C@@H]2CC[C@@H]12)C[C@@]1(CCCc2cc(Cl)ccc21)CO3. The molecular formula is C33H41ClN2O4S. The number of hydrogen-bond donors (Lipinski definition) is 3. The van der Waals surface area contributed by atoms with E-state index in [-0.39, 0.29) is 22.5 Å². The quantitative estimate of drug-likeness (QED) is 0.274. The number of carbonyl (C=O) groups excluding carboxylic acids is 1. The van der Waals surface area contributed by atoms with Gasteiger partial charge in [0.05, 0.1) is 18.4 Å². The number of aliphatic hydroxyl groups is 2. The van der Waals surface area contributed by atoms with Crippen LogP contribution in [0.4, 0.5) is 5.69 Å². The first-order valence-electron chi connectivity index (χ1n) is 15.1. The summed E-state index contributed by atoms with van der Waals surface area (Å²) in [6.45, 7) is 8.48. The summed E-state index contributed by atoms with van der Waals surface area (Å²) in [5.74, 6) is 1.11. The Morgan fingerprint density at radius 1 is 1.17 bits per heavy atom. The van der Waals surface area contributed by atoms with Gasteiger partial charge < -0.3 is 19.8 Å². The molecule has 0 radical (unpaired) electrons. The van der Waals surface area contributed by atoms with Gasteiger partial charge in [-0.15, -0.1) is 0 Å². The van der Waals surface area contributed by atoms with E-state index in [0.717, 1.165) is 73.6 Å². The van der Waals surface area contributed by atoms with Crippen LogP contribution in [-0.2, 0) is 11.8 Å². The van der Waals surface area contributed by atoms with E-state index in [4.69, 9.17) is 16.3 Å². The number of anilines is 1. The van der Waals surface area contributed by atoms with Crippen molar-refractivity contribution in [2.75, 3.05) is 24.6 Å². The number of ether oxygens (including phenoxy) is 1. The molecule has 6 atom stereocenters. The minimum Gasteiger partial charge on any atom is -0.490 e. The van der Waals surface area contributed by atoms with Crippen molar-refractivity contribution in [1.29, 1.82) is 0 Å². The summed E-state index contributed by atoms with van der Waals surface area (Å²) in [6, 6.07) is 12.1. The number of amides is 1. The molecule has 2 aliphatic carbocycles. The molecule has 1 fully saturated rings. The van der Waals surface area contributed by atoms with E-state index in [9.17, 15) is 15.0 Å². The molecule has 41 heavy (non-hydrogen) atoms. The van der Waals surface area contributed by atoms with E-state index in [0.29, 0.717) is 30.9 Å². The van der Waals surface area contributed by atoms with Crippen LogP contribution in [0.5, 0.6) is 5.75 Å². The van der Waals surface area contributed by atoms with Crippen LogP contribution in [0.1, 0.15) is 73.4 Å². The first-order valence-corrected chi connectivity index (χ1v) is 16.4. The van der Waals surface area contributed by atoms with Gasteiger partial charge >= 0.3 is 0 Å². The minimum absolute atomic E-state index is 0.129. The zero-order chi connectivity index (χ0) is 28.7. The number of carbonyl (C=O) groups is 1. The van der Waals surface area contributed by atoms with Crippen LogP contribution in [-0.4, -0.2) is 53.3 Å². The Labute approximate surface area is 252 Å². The van der Waals surface area contributed by atoms with E-state index < -0.39 is 12.2 Å². The van der Waals surface area contributed by atoms with Crippen LogP contribution in [0.3, 0.4) is 0 Å². The molecule has 2 aliphatic heterocycles. The lowest BCUT2D eigenvalue weighted by Crippen LogP contribution is -2.49. The number of aryl methyl sites for hydroxylation is 1. The Balaban J connectivity index is 1.39. The van der Waals surface area contributed by atoms with E-state index >= 15 is 0 Å². The van der Waals surface area contributed by atoms with Gasteiger partial charge in [-0.2, -0.15) is 0 Å². The van der Waals surface area contributed by atoms with Gasteiger partial charge in [-0.3, -0.25) is 9.52 Å². The first kappa shape index (κ1) is 28.9. The lowest BCUT2D eigenvalue weighted by atomic mass is 9.67. The Hall–Kier alpha value is -2.19. The van der Waals surface area contributed by atoms with Crippen molar-refractivity contribution in [3.05, 3.63) is 70.3 Å². The zero-order valence-corrected chi connectivity index (χ0v) is 25.4. The molecule has 1 spiro atoms. The molecule has 4 aliphatic rings. The summed E-state index contributed by atoms with van der Waals surface area (Å²) in [5.41, 5.74) is 4.71. The van der Waals surface area contributed by atoms with Gasteiger partial charge in [-0.05, 0) is 122 Å². The largest absolute Gasteiger partial charge is 0.490 e. The molecule has 1 amide bonds. The van der Waals surface area contributed by atoms with Gasteiger partial charge in [-0.1, -0.05) is 31.2 Å². The summed E-state index contributed by atoms with van der Waals surface area (Å²) in [4.78, 5) is 15.7. The zero-order valence-electron chi connectivity index (χ0n) is 23.8. The minimum atomic E-state index is -0.944. The maximum absolute atomic E-state index is 13.3. The van der Waals surface area contributed by atoms with Crippen molar-refractivity contribution in [3.8, 4) is 5.75 Å². The van der Waals surface area contributed by atoms with Crippen molar-refractivity contribution in [2.24, 2.45) is 11.8 Å². The number of benzene rings is 2. The van der Waals surface area contributed by atoms with Crippen molar-refractivity contribution in [3.63, 3.8) is 0 Å². The molecule has 2 aromatic rings. The van der Waals surface area contributed by atoms with Gasteiger partial charge in [0.15, 0.2) is 0 Å². The first-order chi connectivity index (χ1) is 19.8. The number of nitrogens with zero attached hydrogens (tertiary/aromatic N) is 1. The lowest BCUT2D eigenvalue weighted by molar-refractivity contribution is 0.0204. The fourth-order valence-corrected chi connectivity index (χ4v) is 8.34. The van der Waals surface area contributed by atoms with E-state index in [1.807, 2.05) is 24.3 Å². The number of nitrogens with one attached hydrogen (secondary N) is 1. The highest BCUT2D eigenvalue weighted by Gasteiger charge is 2.44. The standard InChI is InChI=1S/C33H41ClN2O4S/c1-3-25-9-12-29(37)31(38)20(2)26-10-6-23(26)17-36-18-33(14-4-5-21-15-24(34)8-11-27(21)33)19-40-30-13-7-22(16-28(30)36)32(39)35-41-25/h7-8,11,13,15-16,23,25-26,29,31,37-38H,2-6,9-10,12,14,17-19H2,1H3,(H,35,39)/t23-,25+,26-,29-,31+,33-/m0/s1. The second-order valence-corrected chi connectivity index (χ2v) is 14.0. The summed E-state index contributed by atoms with van der Waals surface area (Å²) in [5, 5.41) is 22.8.